The van der Waals surface area contributed by atoms with E-state index in [1.54, 1.807) is 30.3 Å². The van der Waals surface area contributed by atoms with Gasteiger partial charge in [-0.15, -0.1) is 0 Å². The Morgan fingerprint density at radius 2 is 1.96 bits per heavy atom. The van der Waals surface area contributed by atoms with E-state index in [2.05, 4.69) is 5.32 Å². The maximum atomic E-state index is 12.7. The number of nitrogens with one attached hydrogen (secondary N) is 1. The van der Waals surface area contributed by atoms with Gasteiger partial charge in [0.2, 0.25) is 10.0 Å². The summed E-state index contributed by atoms with van der Waals surface area (Å²) in [4.78, 5) is 12.3. The number of morpholine rings is 1. The fourth-order valence-electron chi connectivity index (χ4n) is 2.79. The van der Waals surface area contributed by atoms with Crippen LogP contribution in [0.3, 0.4) is 0 Å². The van der Waals surface area contributed by atoms with Gasteiger partial charge in [0.1, 0.15) is 5.75 Å². The van der Waals surface area contributed by atoms with Crippen LogP contribution in [-0.4, -0.2) is 51.5 Å². The lowest BCUT2D eigenvalue weighted by Crippen LogP contribution is -2.40. The molecule has 0 unspecified atom stereocenters. The summed E-state index contributed by atoms with van der Waals surface area (Å²) in [5.41, 5.74) is 1.20. The minimum Gasteiger partial charge on any atom is -0.483 e. The molecule has 0 spiro atoms. The second-order valence-electron chi connectivity index (χ2n) is 6.29. The molecule has 2 aromatic rings. The Bertz CT molecular complexity index is 959. The predicted molar refractivity (Wildman–Crippen MR) is 106 cm³/mol. The molecule has 1 aliphatic heterocycles. The monoisotopic (exact) mass is 424 g/mol. The number of nitrogens with zero attached hydrogens (tertiary/aromatic N) is 1. The van der Waals surface area contributed by atoms with Crippen molar-refractivity contribution in [2.75, 3.05) is 38.2 Å². The standard InChI is InChI=1S/C19H21ClN2O5S/c1-14-11-15(20)5-6-18(14)27-13-19(23)21-16-3-2-4-17(12-16)28(24,25)22-7-9-26-10-8-22/h2-6,11-12H,7-10,13H2,1H3,(H,21,23). The van der Waals surface area contributed by atoms with Gasteiger partial charge in [-0.05, 0) is 48.9 Å². The summed E-state index contributed by atoms with van der Waals surface area (Å²) in [6, 6.07) is 11.3. The van der Waals surface area contributed by atoms with Crippen molar-refractivity contribution in [3.8, 4) is 5.75 Å². The molecule has 7 nitrogen and oxygen atoms in total. The Balaban J connectivity index is 1.64. The van der Waals surface area contributed by atoms with Crippen molar-refractivity contribution in [2.24, 2.45) is 0 Å². The van der Waals surface area contributed by atoms with E-state index in [9.17, 15) is 13.2 Å². The van der Waals surface area contributed by atoms with Gasteiger partial charge >= 0.3 is 0 Å². The second-order valence-corrected chi connectivity index (χ2v) is 8.67. The summed E-state index contributed by atoms with van der Waals surface area (Å²) in [5, 5.41) is 3.25. The first-order chi connectivity index (χ1) is 13.4. The van der Waals surface area contributed by atoms with Crippen molar-refractivity contribution in [3.63, 3.8) is 0 Å². The highest BCUT2D eigenvalue weighted by Gasteiger charge is 2.26. The Labute approximate surface area is 169 Å². The van der Waals surface area contributed by atoms with E-state index in [0.29, 0.717) is 42.8 Å². The highest BCUT2D eigenvalue weighted by Crippen LogP contribution is 2.22. The molecular formula is C19H21ClN2O5S. The average molecular weight is 425 g/mol. The zero-order valence-electron chi connectivity index (χ0n) is 15.4. The Kier molecular flexibility index (Phi) is 6.56. The molecule has 0 aliphatic carbocycles. The molecule has 3 rings (SSSR count). The molecule has 0 radical (unpaired) electrons. The number of amides is 1. The van der Waals surface area contributed by atoms with E-state index in [1.807, 2.05) is 6.92 Å². The Morgan fingerprint density at radius 3 is 2.68 bits per heavy atom. The van der Waals surface area contributed by atoms with Crippen LogP contribution in [-0.2, 0) is 19.6 Å². The van der Waals surface area contributed by atoms with Crippen LogP contribution in [0.1, 0.15) is 5.56 Å². The smallest absolute Gasteiger partial charge is 0.262 e. The first-order valence-electron chi connectivity index (χ1n) is 8.73. The highest BCUT2D eigenvalue weighted by atomic mass is 35.5. The number of anilines is 1. The first kappa shape index (κ1) is 20.6. The molecular weight excluding hydrogens is 404 g/mol. The summed E-state index contributed by atoms with van der Waals surface area (Å²) in [7, 11) is -3.63. The molecule has 0 saturated carbocycles. The number of carbonyl (C=O) groups is 1. The quantitative estimate of drug-likeness (QED) is 0.770. The highest BCUT2D eigenvalue weighted by molar-refractivity contribution is 7.89. The minimum atomic E-state index is -3.63. The van der Waals surface area contributed by atoms with Crippen LogP contribution < -0.4 is 10.1 Å². The average Bonchev–Trinajstić information content (AvgIpc) is 2.68. The number of ether oxygens (including phenoxy) is 2. The zero-order chi connectivity index (χ0) is 20.1. The van der Waals surface area contributed by atoms with Gasteiger partial charge in [-0.2, -0.15) is 4.31 Å². The molecule has 1 heterocycles. The molecule has 1 N–H and O–H groups in total. The Morgan fingerprint density at radius 1 is 1.21 bits per heavy atom. The lowest BCUT2D eigenvalue weighted by atomic mass is 10.2. The molecule has 2 aromatic carbocycles. The number of benzene rings is 2. The van der Waals surface area contributed by atoms with Crippen LogP contribution in [0.2, 0.25) is 5.02 Å². The van der Waals surface area contributed by atoms with Gasteiger partial charge in [0.05, 0.1) is 18.1 Å². The number of halogens is 1. The fraction of sp³-hybridized carbons (Fsp3) is 0.316. The van der Waals surface area contributed by atoms with Crippen LogP contribution in [0.25, 0.3) is 0 Å². The van der Waals surface area contributed by atoms with Crippen LogP contribution in [0, 0.1) is 6.92 Å². The third-order valence-electron chi connectivity index (χ3n) is 4.22. The van der Waals surface area contributed by atoms with Crippen LogP contribution in [0.5, 0.6) is 5.75 Å². The van der Waals surface area contributed by atoms with Gasteiger partial charge in [0.25, 0.3) is 5.91 Å². The van der Waals surface area contributed by atoms with Crippen molar-refractivity contribution < 1.29 is 22.7 Å². The maximum absolute atomic E-state index is 12.7. The number of hydrogen-bond acceptors (Lipinski definition) is 5. The zero-order valence-corrected chi connectivity index (χ0v) is 16.9. The van der Waals surface area contributed by atoms with E-state index in [0.717, 1.165) is 5.56 Å². The topological polar surface area (TPSA) is 84.9 Å². The van der Waals surface area contributed by atoms with Crippen molar-refractivity contribution >= 4 is 33.2 Å². The van der Waals surface area contributed by atoms with Gasteiger partial charge in [0, 0.05) is 23.8 Å². The largest absolute Gasteiger partial charge is 0.483 e. The van der Waals surface area contributed by atoms with Crippen LogP contribution in [0.15, 0.2) is 47.4 Å². The molecule has 0 aromatic heterocycles. The maximum Gasteiger partial charge on any atom is 0.262 e. The number of carbonyl (C=O) groups excluding carboxylic acids is 1. The lowest BCUT2D eigenvalue weighted by molar-refractivity contribution is -0.118. The van der Waals surface area contributed by atoms with Crippen molar-refractivity contribution in [1.29, 1.82) is 0 Å². The van der Waals surface area contributed by atoms with E-state index >= 15 is 0 Å². The van der Waals surface area contributed by atoms with E-state index in [4.69, 9.17) is 21.1 Å². The summed E-state index contributed by atoms with van der Waals surface area (Å²) in [5.74, 6) is 0.165. The molecule has 28 heavy (non-hydrogen) atoms. The van der Waals surface area contributed by atoms with Crippen molar-refractivity contribution in [3.05, 3.63) is 53.1 Å². The summed E-state index contributed by atoms with van der Waals surface area (Å²) >= 11 is 5.90. The van der Waals surface area contributed by atoms with Crippen LogP contribution in [0.4, 0.5) is 5.69 Å². The van der Waals surface area contributed by atoms with E-state index in [-0.39, 0.29) is 11.5 Å². The molecule has 1 fully saturated rings. The predicted octanol–water partition coefficient (Wildman–Crippen LogP) is 2.69. The van der Waals surface area contributed by atoms with Gasteiger partial charge in [-0.25, -0.2) is 8.42 Å². The summed E-state index contributed by atoms with van der Waals surface area (Å²) in [6.07, 6.45) is 0. The third-order valence-corrected chi connectivity index (χ3v) is 6.35. The normalized spacial score (nSPS) is 15.2. The third kappa shape index (κ3) is 5.02. The number of rotatable bonds is 6. The van der Waals surface area contributed by atoms with Crippen LogP contribution >= 0.6 is 11.6 Å². The lowest BCUT2D eigenvalue weighted by Gasteiger charge is -2.26. The summed E-state index contributed by atoms with van der Waals surface area (Å²) in [6.45, 7) is 3.00. The molecule has 1 saturated heterocycles. The summed E-state index contributed by atoms with van der Waals surface area (Å²) < 4.78 is 37.5. The van der Waals surface area contributed by atoms with Gasteiger partial charge < -0.3 is 14.8 Å². The second kappa shape index (κ2) is 8.91. The van der Waals surface area contributed by atoms with E-state index in [1.165, 1.54) is 16.4 Å². The molecule has 1 amide bonds. The molecule has 0 bridgehead atoms. The van der Waals surface area contributed by atoms with Crippen molar-refractivity contribution in [1.82, 2.24) is 4.31 Å². The van der Waals surface area contributed by atoms with Gasteiger partial charge in [0.15, 0.2) is 6.61 Å². The molecule has 9 heteroatoms. The first-order valence-corrected chi connectivity index (χ1v) is 10.5. The fourth-order valence-corrected chi connectivity index (χ4v) is 4.47. The minimum absolute atomic E-state index is 0.127. The SMILES string of the molecule is Cc1cc(Cl)ccc1OCC(=O)Nc1cccc(S(=O)(=O)N2CCOCC2)c1. The number of aryl methyl sites for hydroxylation is 1. The number of hydrogen-bond donors (Lipinski definition) is 1. The molecule has 0 atom stereocenters. The van der Waals surface area contributed by atoms with Gasteiger partial charge in [-0.3, -0.25) is 4.79 Å². The Hall–Kier alpha value is -2.13. The van der Waals surface area contributed by atoms with Gasteiger partial charge in [-0.1, -0.05) is 17.7 Å². The van der Waals surface area contributed by atoms with E-state index < -0.39 is 15.9 Å². The molecule has 1 aliphatic rings. The van der Waals surface area contributed by atoms with Crippen molar-refractivity contribution in [2.45, 2.75) is 11.8 Å². The number of sulfonamides is 1. The molecule has 150 valence electrons.